The van der Waals surface area contributed by atoms with E-state index in [0.717, 1.165) is 23.5 Å². The highest BCUT2D eigenvalue weighted by molar-refractivity contribution is 5.04. The Labute approximate surface area is 104 Å². The summed E-state index contributed by atoms with van der Waals surface area (Å²) in [6.45, 7) is 1.92. The molecule has 0 aliphatic heterocycles. The summed E-state index contributed by atoms with van der Waals surface area (Å²) in [6.07, 6.45) is 10.2. The van der Waals surface area contributed by atoms with Crippen molar-refractivity contribution in [3.63, 3.8) is 0 Å². The minimum Gasteiger partial charge on any atom is -0.470 e. The first-order valence-corrected chi connectivity index (χ1v) is 6.92. The Morgan fingerprint density at radius 3 is 1.88 bits per heavy atom. The first-order valence-electron chi connectivity index (χ1n) is 6.92. The van der Waals surface area contributed by atoms with E-state index in [1.165, 1.54) is 38.5 Å². The number of aryl methyl sites for hydroxylation is 1. The number of nitrogens with two attached hydrogens (primary N) is 1. The van der Waals surface area contributed by atoms with E-state index in [1.807, 2.05) is 19.1 Å². The Balaban J connectivity index is 0.000000129. The number of furan rings is 1. The van der Waals surface area contributed by atoms with Gasteiger partial charge < -0.3 is 10.2 Å². The molecule has 1 heterocycles. The minimum atomic E-state index is 0.300. The molecule has 1 aromatic heterocycles. The van der Waals surface area contributed by atoms with E-state index >= 15 is 0 Å². The zero-order valence-electron chi connectivity index (χ0n) is 10.7. The van der Waals surface area contributed by atoms with Gasteiger partial charge in [0.15, 0.2) is 0 Å². The molecule has 4 fully saturated rings. The van der Waals surface area contributed by atoms with Crippen molar-refractivity contribution >= 4 is 0 Å². The molecule has 2 nitrogen and oxygen atoms in total. The van der Waals surface area contributed by atoms with Crippen molar-refractivity contribution in [1.82, 2.24) is 0 Å². The van der Waals surface area contributed by atoms with Crippen molar-refractivity contribution in [2.75, 3.05) is 0 Å². The highest BCUT2D eigenvalue weighted by atomic mass is 16.3. The van der Waals surface area contributed by atoms with Gasteiger partial charge in [-0.3, -0.25) is 0 Å². The summed E-state index contributed by atoms with van der Waals surface area (Å²) in [5.41, 5.74) is 6.62. The fourth-order valence-corrected chi connectivity index (χ4v) is 4.54. The Bertz CT molecular complexity index is 333. The van der Waals surface area contributed by atoms with Gasteiger partial charge in [-0.25, -0.2) is 0 Å². The van der Waals surface area contributed by atoms with Crippen molar-refractivity contribution in [1.29, 1.82) is 0 Å². The summed E-state index contributed by atoms with van der Waals surface area (Å²) in [4.78, 5) is 0. The molecule has 4 aliphatic carbocycles. The maximum Gasteiger partial charge on any atom is 0.100 e. The summed E-state index contributed by atoms with van der Waals surface area (Å²) in [7, 11) is 0. The lowest BCUT2D eigenvalue weighted by molar-refractivity contribution is 0.000365. The van der Waals surface area contributed by atoms with E-state index in [0.29, 0.717) is 5.54 Å². The molecule has 0 radical (unpaired) electrons. The molecule has 4 bridgehead atoms. The average molecular weight is 233 g/mol. The summed E-state index contributed by atoms with van der Waals surface area (Å²) >= 11 is 0. The van der Waals surface area contributed by atoms with Crippen LogP contribution in [-0.2, 0) is 0 Å². The third kappa shape index (κ3) is 2.42. The fraction of sp³-hybridized carbons (Fsp3) is 0.733. The average Bonchev–Trinajstić information content (AvgIpc) is 2.66. The lowest BCUT2D eigenvalue weighted by atomic mass is 9.53. The monoisotopic (exact) mass is 233 g/mol. The molecule has 0 unspecified atom stereocenters. The van der Waals surface area contributed by atoms with E-state index in [9.17, 15) is 0 Å². The number of hydrogen-bond donors (Lipinski definition) is 1. The predicted octanol–water partition coefficient (Wildman–Crippen LogP) is 3.50. The molecule has 1 aromatic rings. The largest absolute Gasteiger partial charge is 0.470 e. The van der Waals surface area contributed by atoms with Gasteiger partial charge >= 0.3 is 0 Å². The van der Waals surface area contributed by atoms with Crippen LogP contribution in [0.25, 0.3) is 0 Å². The number of hydrogen-bond acceptors (Lipinski definition) is 2. The zero-order chi connectivity index (χ0) is 11.9. The van der Waals surface area contributed by atoms with Crippen molar-refractivity contribution in [2.45, 2.75) is 51.0 Å². The highest BCUT2D eigenvalue weighted by Gasteiger charge is 2.48. The van der Waals surface area contributed by atoms with Crippen LogP contribution in [0.15, 0.2) is 22.8 Å². The van der Waals surface area contributed by atoms with Gasteiger partial charge in [-0.2, -0.15) is 0 Å². The second-order valence-electron chi connectivity index (χ2n) is 6.50. The minimum absolute atomic E-state index is 0.300. The molecule has 0 aromatic carbocycles. The van der Waals surface area contributed by atoms with Crippen LogP contribution in [0.4, 0.5) is 0 Å². The topological polar surface area (TPSA) is 39.2 Å². The Kier molecular flexibility index (Phi) is 2.78. The zero-order valence-corrected chi connectivity index (χ0v) is 10.7. The van der Waals surface area contributed by atoms with E-state index in [2.05, 4.69) is 0 Å². The molecule has 17 heavy (non-hydrogen) atoms. The predicted molar refractivity (Wildman–Crippen MR) is 68.5 cm³/mol. The van der Waals surface area contributed by atoms with Crippen LogP contribution in [0, 0.1) is 24.7 Å². The molecule has 4 saturated carbocycles. The molecule has 2 N–H and O–H groups in total. The summed E-state index contributed by atoms with van der Waals surface area (Å²) in [5, 5.41) is 0. The van der Waals surface area contributed by atoms with Gasteiger partial charge in [0.2, 0.25) is 0 Å². The summed E-state index contributed by atoms with van der Waals surface area (Å²) < 4.78 is 4.83. The summed E-state index contributed by atoms with van der Waals surface area (Å²) in [5.74, 6) is 4.03. The third-order valence-corrected chi connectivity index (χ3v) is 4.75. The fourth-order valence-electron chi connectivity index (χ4n) is 4.54. The molecular formula is C15H23NO. The lowest BCUT2D eigenvalue weighted by Crippen LogP contribution is -2.55. The van der Waals surface area contributed by atoms with Crippen LogP contribution < -0.4 is 5.73 Å². The highest BCUT2D eigenvalue weighted by Crippen LogP contribution is 2.54. The SMILES string of the molecule is Cc1ccco1.NC12CC3CC(CC(C3)C1)C2. The van der Waals surface area contributed by atoms with Crippen LogP contribution in [0.3, 0.4) is 0 Å². The van der Waals surface area contributed by atoms with E-state index in [1.54, 1.807) is 6.26 Å². The molecule has 0 amide bonds. The molecule has 0 spiro atoms. The van der Waals surface area contributed by atoms with Gasteiger partial charge in [0, 0.05) is 5.54 Å². The molecule has 2 heteroatoms. The Morgan fingerprint density at radius 1 is 1.12 bits per heavy atom. The van der Waals surface area contributed by atoms with E-state index in [-0.39, 0.29) is 0 Å². The van der Waals surface area contributed by atoms with Gasteiger partial charge in [0.1, 0.15) is 5.76 Å². The third-order valence-electron chi connectivity index (χ3n) is 4.75. The van der Waals surface area contributed by atoms with E-state index in [4.69, 9.17) is 10.2 Å². The Morgan fingerprint density at radius 2 is 1.65 bits per heavy atom. The van der Waals surface area contributed by atoms with Crippen molar-refractivity contribution < 1.29 is 4.42 Å². The van der Waals surface area contributed by atoms with Gasteiger partial charge in [-0.05, 0) is 75.3 Å². The van der Waals surface area contributed by atoms with Crippen LogP contribution >= 0.6 is 0 Å². The Hall–Kier alpha value is -0.760. The second kappa shape index (κ2) is 4.16. The first-order chi connectivity index (χ1) is 8.13. The first kappa shape index (κ1) is 11.3. The van der Waals surface area contributed by atoms with Crippen molar-refractivity contribution in [2.24, 2.45) is 23.5 Å². The van der Waals surface area contributed by atoms with Gasteiger partial charge in [0.05, 0.1) is 6.26 Å². The molecule has 0 saturated heterocycles. The quantitative estimate of drug-likeness (QED) is 0.745. The smallest absolute Gasteiger partial charge is 0.100 e. The maximum atomic E-state index is 6.32. The lowest BCUT2D eigenvalue weighted by Gasteiger charge is -2.55. The second-order valence-corrected chi connectivity index (χ2v) is 6.50. The van der Waals surface area contributed by atoms with Gasteiger partial charge in [-0.1, -0.05) is 0 Å². The molecule has 94 valence electrons. The van der Waals surface area contributed by atoms with Crippen LogP contribution in [0.5, 0.6) is 0 Å². The van der Waals surface area contributed by atoms with Crippen LogP contribution in [0.2, 0.25) is 0 Å². The maximum absolute atomic E-state index is 6.32. The molecule has 5 rings (SSSR count). The summed E-state index contributed by atoms with van der Waals surface area (Å²) in [6, 6.07) is 3.79. The van der Waals surface area contributed by atoms with Gasteiger partial charge in [-0.15, -0.1) is 0 Å². The normalized spacial score (nSPS) is 42.1. The van der Waals surface area contributed by atoms with Crippen LogP contribution in [-0.4, -0.2) is 5.54 Å². The standard InChI is InChI=1S/C10H17N.C5H6O/c11-10-4-7-1-8(5-10)3-9(2-7)6-10;1-5-3-2-4-6-5/h7-9H,1-6,11H2;2-4H,1H3. The van der Waals surface area contributed by atoms with Crippen molar-refractivity contribution in [3.8, 4) is 0 Å². The molecular weight excluding hydrogens is 210 g/mol. The van der Waals surface area contributed by atoms with Gasteiger partial charge in [0.25, 0.3) is 0 Å². The molecule has 4 aliphatic rings. The van der Waals surface area contributed by atoms with Crippen molar-refractivity contribution in [3.05, 3.63) is 24.2 Å². The molecule has 0 atom stereocenters. The number of rotatable bonds is 0. The van der Waals surface area contributed by atoms with Crippen LogP contribution in [0.1, 0.15) is 44.3 Å². The van der Waals surface area contributed by atoms with E-state index < -0.39 is 0 Å².